The highest BCUT2D eigenvalue weighted by Gasteiger charge is 2.37. The normalized spacial score (nSPS) is 16.2. The molecule has 0 aromatic heterocycles. The van der Waals surface area contributed by atoms with Gasteiger partial charge in [0.2, 0.25) is 5.75 Å². The molecule has 200 valence electrons. The van der Waals surface area contributed by atoms with Crippen LogP contribution in [0.4, 0.5) is 4.79 Å². The lowest BCUT2D eigenvalue weighted by molar-refractivity contribution is -0.0189. The molecule has 3 aromatic carbocycles. The number of hydrogen-bond donors (Lipinski definition) is 7. The molecule has 0 saturated carbocycles. The highest BCUT2D eigenvalue weighted by Crippen LogP contribution is 2.46. The smallest absolute Gasteiger partial charge is 0.414 e. The minimum absolute atomic E-state index is 0.0363. The molecule has 3 aromatic rings. The number of benzene rings is 3. The van der Waals surface area contributed by atoms with Gasteiger partial charge in [0.25, 0.3) is 0 Å². The number of rotatable bonds is 4. The second kappa shape index (κ2) is 9.69. The number of carbonyl (C=O) groups is 2. The molecule has 0 aliphatic carbocycles. The lowest BCUT2D eigenvalue weighted by atomic mass is 9.93. The van der Waals surface area contributed by atoms with Gasteiger partial charge in [-0.25, -0.2) is 9.59 Å². The van der Waals surface area contributed by atoms with Crippen molar-refractivity contribution in [2.75, 3.05) is 14.1 Å². The van der Waals surface area contributed by atoms with E-state index in [0.29, 0.717) is 0 Å². The Hall–Kier alpha value is -5.20. The van der Waals surface area contributed by atoms with Crippen LogP contribution in [0.3, 0.4) is 0 Å². The summed E-state index contributed by atoms with van der Waals surface area (Å²) in [7, 11) is 2.77. The number of nitrogens with zero attached hydrogens (tertiary/aromatic N) is 1. The first-order valence-electron chi connectivity index (χ1n) is 11.0. The molecule has 0 bridgehead atoms. The minimum atomic E-state index is -1.22. The molecule has 0 spiro atoms. The number of esters is 1. The van der Waals surface area contributed by atoms with Gasteiger partial charge in [-0.3, -0.25) is 0 Å². The summed E-state index contributed by atoms with van der Waals surface area (Å²) < 4.78 is 16.3. The van der Waals surface area contributed by atoms with E-state index in [0.717, 1.165) is 35.2 Å². The third-order valence-corrected chi connectivity index (χ3v) is 5.69. The summed E-state index contributed by atoms with van der Waals surface area (Å²) in [5, 5.41) is 70.3. The maximum absolute atomic E-state index is 13.0. The van der Waals surface area contributed by atoms with Crippen molar-refractivity contribution in [2.45, 2.75) is 18.6 Å². The molecule has 1 aliphatic rings. The Labute approximate surface area is 214 Å². The zero-order valence-corrected chi connectivity index (χ0v) is 19.9. The Bertz CT molecular complexity index is 1390. The van der Waals surface area contributed by atoms with Crippen LogP contribution in [0.25, 0.3) is 0 Å². The first-order chi connectivity index (χ1) is 17.8. The fourth-order valence-electron chi connectivity index (χ4n) is 3.83. The first kappa shape index (κ1) is 25.9. The summed E-state index contributed by atoms with van der Waals surface area (Å²) in [5.41, 5.74) is -0.0815. The SMILES string of the molecule is CN(C)C(=O)Oc1c(O)cc(C(=O)O[C@@H]2Cc3c(O)cc(O)cc3O[C@@H]2c2cc(O)c(O)c(O)c2)cc1O. The molecule has 13 heteroatoms. The Morgan fingerprint density at radius 3 is 2.03 bits per heavy atom. The molecule has 1 aliphatic heterocycles. The Morgan fingerprint density at radius 2 is 1.45 bits per heavy atom. The van der Waals surface area contributed by atoms with Gasteiger partial charge in [-0.1, -0.05) is 0 Å². The van der Waals surface area contributed by atoms with Crippen LogP contribution in [0.5, 0.6) is 51.7 Å². The van der Waals surface area contributed by atoms with Crippen molar-refractivity contribution in [3.63, 3.8) is 0 Å². The summed E-state index contributed by atoms with van der Waals surface area (Å²) in [4.78, 5) is 25.8. The lowest BCUT2D eigenvalue weighted by Gasteiger charge is -2.34. The molecule has 2 atom stereocenters. The Balaban J connectivity index is 1.69. The van der Waals surface area contributed by atoms with E-state index >= 15 is 0 Å². The molecule has 4 rings (SSSR count). The van der Waals surface area contributed by atoms with Gasteiger partial charge in [0.1, 0.15) is 23.4 Å². The van der Waals surface area contributed by atoms with Crippen molar-refractivity contribution < 1.29 is 59.5 Å². The first-order valence-corrected chi connectivity index (χ1v) is 11.0. The van der Waals surface area contributed by atoms with Crippen LogP contribution in [-0.2, 0) is 11.2 Å². The fraction of sp³-hybridized carbons (Fsp3) is 0.200. The second-order valence-corrected chi connectivity index (χ2v) is 8.64. The molecular formula is C25H23NO12. The number of fused-ring (bicyclic) bond motifs is 1. The molecule has 1 amide bonds. The van der Waals surface area contributed by atoms with E-state index in [1.807, 2.05) is 0 Å². The molecule has 0 fully saturated rings. The Morgan fingerprint density at radius 1 is 0.842 bits per heavy atom. The molecule has 1 heterocycles. The number of ether oxygens (including phenoxy) is 3. The monoisotopic (exact) mass is 529 g/mol. The number of phenols is 7. The highest BCUT2D eigenvalue weighted by atomic mass is 16.6. The van der Waals surface area contributed by atoms with E-state index < -0.39 is 58.8 Å². The largest absolute Gasteiger partial charge is 0.508 e. The Kier molecular flexibility index (Phi) is 6.60. The topological polar surface area (TPSA) is 207 Å². The molecular weight excluding hydrogens is 506 g/mol. The molecule has 7 N–H and O–H groups in total. The predicted molar refractivity (Wildman–Crippen MR) is 127 cm³/mol. The summed E-state index contributed by atoms with van der Waals surface area (Å²) >= 11 is 0. The van der Waals surface area contributed by atoms with Gasteiger partial charge in [0.05, 0.1) is 5.56 Å². The van der Waals surface area contributed by atoms with Crippen molar-refractivity contribution in [2.24, 2.45) is 0 Å². The van der Waals surface area contributed by atoms with Crippen molar-refractivity contribution in [3.05, 3.63) is 53.1 Å². The number of hydrogen-bond acceptors (Lipinski definition) is 12. The van der Waals surface area contributed by atoms with Crippen LogP contribution in [0.15, 0.2) is 36.4 Å². The van der Waals surface area contributed by atoms with Crippen LogP contribution in [0.1, 0.15) is 27.6 Å². The van der Waals surface area contributed by atoms with Crippen LogP contribution in [0.2, 0.25) is 0 Å². The molecule has 0 radical (unpaired) electrons. The van der Waals surface area contributed by atoms with Crippen LogP contribution < -0.4 is 9.47 Å². The summed E-state index contributed by atoms with van der Waals surface area (Å²) in [6.07, 6.45) is -3.48. The third-order valence-electron chi connectivity index (χ3n) is 5.69. The average molecular weight is 529 g/mol. The van der Waals surface area contributed by atoms with E-state index in [9.17, 15) is 45.3 Å². The van der Waals surface area contributed by atoms with Gasteiger partial charge >= 0.3 is 12.1 Å². The number of carbonyl (C=O) groups excluding carboxylic acids is 2. The maximum atomic E-state index is 13.0. The van der Waals surface area contributed by atoms with Gasteiger partial charge < -0.3 is 54.9 Å². The van der Waals surface area contributed by atoms with Crippen LogP contribution >= 0.6 is 0 Å². The zero-order chi connectivity index (χ0) is 27.9. The summed E-state index contributed by atoms with van der Waals surface area (Å²) in [6, 6.07) is 6.22. The van der Waals surface area contributed by atoms with Crippen molar-refractivity contribution in [1.29, 1.82) is 0 Å². The second-order valence-electron chi connectivity index (χ2n) is 8.64. The molecule has 0 unspecified atom stereocenters. The molecule has 0 saturated heterocycles. The van der Waals surface area contributed by atoms with E-state index in [4.69, 9.17) is 14.2 Å². The third kappa shape index (κ3) is 4.89. The zero-order valence-electron chi connectivity index (χ0n) is 19.9. The quantitative estimate of drug-likeness (QED) is 0.192. The van der Waals surface area contributed by atoms with Crippen molar-refractivity contribution in [1.82, 2.24) is 4.90 Å². The van der Waals surface area contributed by atoms with Gasteiger partial charge in [-0.05, 0) is 24.3 Å². The highest BCUT2D eigenvalue weighted by molar-refractivity contribution is 5.91. The molecule has 38 heavy (non-hydrogen) atoms. The van der Waals surface area contributed by atoms with E-state index in [1.165, 1.54) is 20.2 Å². The minimum Gasteiger partial charge on any atom is -0.508 e. The van der Waals surface area contributed by atoms with Gasteiger partial charge in [-0.2, -0.15) is 0 Å². The lowest BCUT2D eigenvalue weighted by Crippen LogP contribution is -2.34. The summed E-state index contributed by atoms with van der Waals surface area (Å²) in [5.74, 6) is -5.87. The number of aromatic hydroxyl groups is 7. The van der Waals surface area contributed by atoms with Crippen LogP contribution in [0, 0.1) is 0 Å². The average Bonchev–Trinajstić information content (AvgIpc) is 2.84. The van der Waals surface area contributed by atoms with E-state index in [1.54, 1.807) is 0 Å². The van der Waals surface area contributed by atoms with Crippen molar-refractivity contribution in [3.8, 4) is 51.7 Å². The van der Waals surface area contributed by atoms with Crippen molar-refractivity contribution >= 4 is 12.1 Å². The van der Waals surface area contributed by atoms with Gasteiger partial charge in [-0.15, -0.1) is 0 Å². The van der Waals surface area contributed by atoms with Gasteiger partial charge in [0, 0.05) is 43.8 Å². The number of phenolic OH excluding ortho intramolecular Hbond substituents is 7. The van der Waals surface area contributed by atoms with E-state index in [-0.39, 0.29) is 40.4 Å². The number of amides is 1. The summed E-state index contributed by atoms with van der Waals surface area (Å²) in [6.45, 7) is 0. The fourth-order valence-corrected chi connectivity index (χ4v) is 3.83. The predicted octanol–water partition coefficient (Wildman–Crippen LogP) is 2.59. The van der Waals surface area contributed by atoms with E-state index in [2.05, 4.69) is 0 Å². The molecule has 13 nitrogen and oxygen atoms in total. The standard InChI is InChI=1S/C25H23NO12/c1-26(2)25(35)38-23-17(31)5-11(6-18(23)32)24(34)37-20-9-13-14(28)7-12(27)8-19(13)36-22(20)10-3-15(29)21(33)16(30)4-10/h3-8,20,22,27-33H,9H2,1-2H3/t20-,22-/m1/s1. The maximum Gasteiger partial charge on any atom is 0.414 e. The van der Waals surface area contributed by atoms with Gasteiger partial charge in [0.15, 0.2) is 34.9 Å². The van der Waals surface area contributed by atoms with Crippen LogP contribution in [-0.4, -0.2) is 72.9 Å².